The van der Waals surface area contributed by atoms with Crippen molar-refractivity contribution >= 4 is 29.2 Å². The third-order valence-corrected chi connectivity index (χ3v) is 4.64. The standard InChI is InChI=1S/C19H19N5O5/c1-2-19(13-7-4-3-5-8-13)17(26)23(18(27)21-19)22-16(25)12-20-14-9-6-10-15(11-14)24(28)29/h3-11,20H,2,12H2,1H3,(H,21,27)(H,22,25)/t19-/m0/s1. The van der Waals surface area contributed by atoms with Crippen LogP contribution in [-0.2, 0) is 15.1 Å². The Balaban J connectivity index is 1.68. The van der Waals surface area contributed by atoms with E-state index >= 15 is 0 Å². The van der Waals surface area contributed by atoms with E-state index in [-0.39, 0.29) is 12.2 Å². The number of anilines is 1. The molecule has 0 saturated carbocycles. The topological polar surface area (TPSA) is 134 Å². The monoisotopic (exact) mass is 397 g/mol. The highest BCUT2D eigenvalue weighted by Gasteiger charge is 2.52. The summed E-state index contributed by atoms with van der Waals surface area (Å²) in [5.74, 6) is -1.24. The number of benzene rings is 2. The Hall–Kier alpha value is -3.95. The first-order chi connectivity index (χ1) is 13.9. The lowest BCUT2D eigenvalue weighted by Crippen LogP contribution is -2.49. The summed E-state index contributed by atoms with van der Waals surface area (Å²) in [7, 11) is 0. The maximum atomic E-state index is 12.9. The Labute approximate surface area is 166 Å². The fraction of sp³-hybridized carbons (Fsp3) is 0.211. The molecule has 0 aliphatic carbocycles. The molecule has 2 aromatic rings. The van der Waals surface area contributed by atoms with Crippen molar-refractivity contribution in [1.29, 1.82) is 0 Å². The van der Waals surface area contributed by atoms with Crippen LogP contribution in [0.4, 0.5) is 16.2 Å². The molecule has 0 radical (unpaired) electrons. The van der Waals surface area contributed by atoms with Crippen molar-refractivity contribution in [2.45, 2.75) is 18.9 Å². The fourth-order valence-electron chi connectivity index (χ4n) is 3.11. The number of nitro benzene ring substituents is 1. The number of imide groups is 1. The zero-order valence-electron chi connectivity index (χ0n) is 15.5. The third-order valence-electron chi connectivity index (χ3n) is 4.64. The first kappa shape index (κ1) is 19.8. The number of non-ortho nitro benzene ring substituents is 1. The average Bonchev–Trinajstić information content (AvgIpc) is 2.98. The molecule has 1 aliphatic rings. The van der Waals surface area contributed by atoms with Crippen LogP contribution in [0.2, 0.25) is 0 Å². The molecule has 1 atom stereocenters. The summed E-state index contributed by atoms with van der Waals surface area (Å²) >= 11 is 0. The Morgan fingerprint density at radius 3 is 2.55 bits per heavy atom. The Morgan fingerprint density at radius 2 is 1.90 bits per heavy atom. The summed E-state index contributed by atoms with van der Waals surface area (Å²) in [5.41, 5.74) is 1.88. The van der Waals surface area contributed by atoms with Crippen molar-refractivity contribution in [3.8, 4) is 0 Å². The predicted molar refractivity (Wildman–Crippen MR) is 104 cm³/mol. The van der Waals surface area contributed by atoms with Gasteiger partial charge in [-0.2, -0.15) is 5.01 Å². The molecule has 1 aliphatic heterocycles. The summed E-state index contributed by atoms with van der Waals surface area (Å²) in [5, 5.41) is 16.9. The molecule has 1 heterocycles. The summed E-state index contributed by atoms with van der Waals surface area (Å²) in [4.78, 5) is 47.8. The molecule has 29 heavy (non-hydrogen) atoms. The van der Waals surface area contributed by atoms with Gasteiger partial charge in [0.2, 0.25) is 0 Å². The highest BCUT2D eigenvalue weighted by atomic mass is 16.6. The molecule has 0 spiro atoms. The molecule has 0 bridgehead atoms. The predicted octanol–water partition coefficient (Wildman–Crippen LogP) is 1.90. The third kappa shape index (κ3) is 3.86. The van der Waals surface area contributed by atoms with E-state index in [1.807, 2.05) is 0 Å². The van der Waals surface area contributed by atoms with Crippen LogP contribution in [0.25, 0.3) is 0 Å². The van der Waals surface area contributed by atoms with Crippen molar-refractivity contribution in [3.05, 3.63) is 70.3 Å². The zero-order valence-corrected chi connectivity index (χ0v) is 15.5. The second-order valence-corrected chi connectivity index (χ2v) is 6.39. The number of hydrogen-bond acceptors (Lipinski definition) is 6. The van der Waals surface area contributed by atoms with Crippen LogP contribution in [0.15, 0.2) is 54.6 Å². The second-order valence-electron chi connectivity index (χ2n) is 6.39. The maximum Gasteiger partial charge on any atom is 0.344 e. The van der Waals surface area contributed by atoms with Gasteiger partial charge in [-0.15, -0.1) is 0 Å². The molecule has 0 unspecified atom stereocenters. The van der Waals surface area contributed by atoms with Crippen LogP contribution in [-0.4, -0.2) is 34.3 Å². The molecule has 2 aromatic carbocycles. The van der Waals surface area contributed by atoms with Gasteiger partial charge in [-0.1, -0.05) is 43.3 Å². The minimum absolute atomic E-state index is 0.125. The van der Waals surface area contributed by atoms with Gasteiger partial charge in [0.1, 0.15) is 5.54 Å². The van der Waals surface area contributed by atoms with E-state index in [0.717, 1.165) is 0 Å². The van der Waals surface area contributed by atoms with Crippen molar-refractivity contribution in [1.82, 2.24) is 15.8 Å². The van der Waals surface area contributed by atoms with Crippen molar-refractivity contribution < 1.29 is 19.3 Å². The molecule has 1 saturated heterocycles. The van der Waals surface area contributed by atoms with Gasteiger partial charge in [-0.05, 0) is 18.1 Å². The molecular weight excluding hydrogens is 378 g/mol. The van der Waals surface area contributed by atoms with Gasteiger partial charge in [0, 0.05) is 17.8 Å². The Bertz CT molecular complexity index is 964. The summed E-state index contributed by atoms with van der Waals surface area (Å²) < 4.78 is 0. The molecule has 0 aromatic heterocycles. The maximum absolute atomic E-state index is 12.9. The minimum atomic E-state index is -1.25. The number of nitrogens with zero attached hydrogens (tertiary/aromatic N) is 2. The smallest absolute Gasteiger partial charge is 0.344 e. The molecule has 4 amide bonds. The fourth-order valence-corrected chi connectivity index (χ4v) is 3.11. The first-order valence-corrected chi connectivity index (χ1v) is 8.87. The van der Waals surface area contributed by atoms with Gasteiger partial charge in [0.25, 0.3) is 17.5 Å². The van der Waals surface area contributed by atoms with Crippen LogP contribution in [0.5, 0.6) is 0 Å². The van der Waals surface area contributed by atoms with E-state index in [9.17, 15) is 24.5 Å². The van der Waals surface area contributed by atoms with Gasteiger partial charge in [0.05, 0.1) is 11.5 Å². The van der Waals surface area contributed by atoms with Crippen LogP contribution in [0.3, 0.4) is 0 Å². The highest BCUT2D eigenvalue weighted by molar-refractivity contribution is 6.08. The van der Waals surface area contributed by atoms with Crippen LogP contribution >= 0.6 is 0 Å². The zero-order chi connectivity index (χ0) is 21.0. The van der Waals surface area contributed by atoms with Crippen molar-refractivity contribution in [2.24, 2.45) is 0 Å². The SMILES string of the molecule is CC[C@@]1(c2ccccc2)NC(=O)N(NC(=O)CNc2cccc([N+](=O)[O-])c2)C1=O. The number of hydrazine groups is 1. The molecular formula is C19H19N5O5. The summed E-state index contributed by atoms with van der Waals surface area (Å²) in [6.07, 6.45) is 0.305. The first-order valence-electron chi connectivity index (χ1n) is 8.87. The lowest BCUT2D eigenvalue weighted by Gasteiger charge is -2.25. The molecule has 10 nitrogen and oxygen atoms in total. The summed E-state index contributed by atoms with van der Waals surface area (Å²) in [6, 6.07) is 13.7. The van der Waals surface area contributed by atoms with E-state index < -0.39 is 28.3 Å². The van der Waals surface area contributed by atoms with Crippen LogP contribution in [0, 0.1) is 10.1 Å². The number of carbonyl (C=O) groups is 3. The van der Waals surface area contributed by atoms with Gasteiger partial charge in [0.15, 0.2) is 0 Å². The number of amides is 4. The number of hydrogen-bond donors (Lipinski definition) is 3. The quantitative estimate of drug-likeness (QED) is 0.371. The van der Waals surface area contributed by atoms with Crippen molar-refractivity contribution in [3.63, 3.8) is 0 Å². The van der Waals surface area contributed by atoms with E-state index in [1.165, 1.54) is 18.2 Å². The molecule has 3 N–H and O–H groups in total. The lowest BCUT2D eigenvalue weighted by molar-refractivity contribution is -0.384. The van der Waals surface area contributed by atoms with E-state index in [1.54, 1.807) is 43.3 Å². The van der Waals surface area contributed by atoms with E-state index in [2.05, 4.69) is 16.1 Å². The average molecular weight is 397 g/mol. The molecule has 3 rings (SSSR count). The van der Waals surface area contributed by atoms with Crippen LogP contribution < -0.4 is 16.1 Å². The normalized spacial score (nSPS) is 18.3. The number of urea groups is 1. The second kappa shape index (κ2) is 7.97. The van der Waals surface area contributed by atoms with Gasteiger partial charge in [-0.25, -0.2) is 4.79 Å². The van der Waals surface area contributed by atoms with E-state index in [0.29, 0.717) is 22.7 Å². The number of nitrogens with one attached hydrogen (secondary N) is 3. The van der Waals surface area contributed by atoms with Gasteiger partial charge >= 0.3 is 6.03 Å². The number of rotatable bonds is 7. The van der Waals surface area contributed by atoms with Gasteiger partial charge < -0.3 is 10.6 Å². The van der Waals surface area contributed by atoms with Crippen molar-refractivity contribution in [2.75, 3.05) is 11.9 Å². The molecule has 10 heteroatoms. The lowest BCUT2D eigenvalue weighted by atomic mass is 9.87. The molecule has 1 fully saturated rings. The Kier molecular flexibility index (Phi) is 5.44. The summed E-state index contributed by atoms with van der Waals surface area (Å²) in [6.45, 7) is 1.48. The highest BCUT2D eigenvalue weighted by Crippen LogP contribution is 2.31. The molecule has 150 valence electrons. The van der Waals surface area contributed by atoms with Gasteiger partial charge in [-0.3, -0.25) is 25.1 Å². The largest absolute Gasteiger partial charge is 0.376 e. The van der Waals surface area contributed by atoms with E-state index in [4.69, 9.17) is 0 Å². The van der Waals surface area contributed by atoms with Crippen LogP contribution in [0.1, 0.15) is 18.9 Å². The minimum Gasteiger partial charge on any atom is -0.376 e. The Morgan fingerprint density at radius 1 is 1.17 bits per heavy atom. The number of nitro groups is 1. The number of carbonyl (C=O) groups excluding carboxylic acids is 3.